The molecule has 2 rings (SSSR count). The average molecular weight is 310 g/mol. The average Bonchev–Trinajstić information content (AvgIpc) is 2.44. The van der Waals surface area contributed by atoms with Crippen molar-refractivity contribution in [1.29, 1.82) is 0 Å². The summed E-state index contributed by atoms with van der Waals surface area (Å²) in [6, 6.07) is 6.25. The first-order chi connectivity index (χ1) is 9.84. The summed E-state index contributed by atoms with van der Waals surface area (Å²) in [6.45, 7) is 4.19. The first-order valence-electron chi connectivity index (χ1n) is 7.55. The standard InChI is InChI=1S/C16H26N2O2S/c1-11-6-4-9-15(12(11)2)16(18-17)13-7-5-8-14(10-13)21(3,19)20/h4,6,9,13-14,16,18H,5,7-8,10,17H2,1-3H3. The molecule has 118 valence electrons. The van der Waals surface area contributed by atoms with Crippen molar-refractivity contribution in [2.24, 2.45) is 11.8 Å². The third-order valence-electron chi connectivity index (χ3n) is 4.90. The number of hydrogen-bond donors (Lipinski definition) is 2. The third kappa shape index (κ3) is 3.65. The van der Waals surface area contributed by atoms with Gasteiger partial charge in [0.1, 0.15) is 9.84 Å². The number of hydrazine groups is 1. The van der Waals surface area contributed by atoms with Crippen molar-refractivity contribution in [2.45, 2.75) is 50.8 Å². The van der Waals surface area contributed by atoms with E-state index in [1.54, 1.807) is 0 Å². The summed E-state index contributed by atoms with van der Waals surface area (Å²) in [5.74, 6) is 6.08. The molecule has 1 aromatic carbocycles. The van der Waals surface area contributed by atoms with Gasteiger partial charge < -0.3 is 0 Å². The van der Waals surface area contributed by atoms with E-state index in [2.05, 4.69) is 31.4 Å². The molecule has 1 saturated carbocycles. The SMILES string of the molecule is Cc1cccc(C(NN)C2CCCC(S(C)(=O)=O)C2)c1C. The van der Waals surface area contributed by atoms with E-state index in [0.29, 0.717) is 6.42 Å². The molecule has 4 nitrogen and oxygen atoms in total. The first-order valence-corrected chi connectivity index (χ1v) is 9.51. The number of rotatable bonds is 4. The lowest BCUT2D eigenvalue weighted by Gasteiger charge is -2.34. The number of sulfone groups is 1. The molecule has 1 aromatic rings. The Balaban J connectivity index is 2.27. The highest BCUT2D eigenvalue weighted by atomic mass is 32.2. The highest BCUT2D eigenvalue weighted by Crippen LogP contribution is 2.37. The van der Waals surface area contributed by atoms with Gasteiger partial charge in [0.15, 0.2) is 0 Å². The highest BCUT2D eigenvalue weighted by molar-refractivity contribution is 7.91. The smallest absolute Gasteiger partial charge is 0.150 e. The van der Waals surface area contributed by atoms with Gasteiger partial charge in [-0.25, -0.2) is 8.42 Å². The van der Waals surface area contributed by atoms with E-state index >= 15 is 0 Å². The van der Waals surface area contributed by atoms with Gasteiger partial charge in [0.05, 0.1) is 5.25 Å². The van der Waals surface area contributed by atoms with Crippen LogP contribution in [0.5, 0.6) is 0 Å². The van der Waals surface area contributed by atoms with Gasteiger partial charge in [-0.2, -0.15) is 0 Å². The van der Waals surface area contributed by atoms with Crippen LogP contribution in [0.1, 0.15) is 48.4 Å². The van der Waals surface area contributed by atoms with Gasteiger partial charge in [0.2, 0.25) is 0 Å². The van der Waals surface area contributed by atoms with Crippen molar-refractivity contribution >= 4 is 9.84 Å². The normalized spacial score (nSPS) is 24.8. The highest BCUT2D eigenvalue weighted by Gasteiger charge is 2.33. The molecule has 0 radical (unpaired) electrons. The second kappa shape index (κ2) is 6.46. The number of nitrogens with two attached hydrogens (primary N) is 1. The van der Waals surface area contributed by atoms with Gasteiger partial charge in [-0.05, 0) is 55.7 Å². The van der Waals surface area contributed by atoms with Gasteiger partial charge >= 0.3 is 0 Å². The molecule has 1 aliphatic carbocycles. The maximum atomic E-state index is 11.8. The predicted molar refractivity (Wildman–Crippen MR) is 86.6 cm³/mol. The van der Waals surface area contributed by atoms with E-state index in [1.165, 1.54) is 22.9 Å². The Hall–Kier alpha value is -0.910. The summed E-state index contributed by atoms with van der Waals surface area (Å²) in [5, 5.41) is -0.225. The Kier molecular flexibility index (Phi) is 5.07. The van der Waals surface area contributed by atoms with Crippen molar-refractivity contribution in [3.05, 3.63) is 34.9 Å². The van der Waals surface area contributed by atoms with Gasteiger partial charge in [0, 0.05) is 12.3 Å². The summed E-state index contributed by atoms with van der Waals surface area (Å²) >= 11 is 0. The van der Waals surface area contributed by atoms with Crippen LogP contribution in [-0.4, -0.2) is 19.9 Å². The van der Waals surface area contributed by atoms with Crippen LogP contribution in [0.25, 0.3) is 0 Å². The first kappa shape index (κ1) is 16.5. The van der Waals surface area contributed by atoms with E-state index in [-0.39, 0.29) is 17.2 Å². The summed E-state index contributed by atoms with van der Waals surface area (Å²) in [6.07, 6.45) is 4.79. The van der Waals surface area contributed by atoms with Gasteiger partial charge in [-0.15, -0.1) is 0 Å². The fraction of sp³-hybridized carbons (Fsp3) is 0.625. The molecular weight excluding hydrogens is 284 g/mol. The molecule has 0 aromatic heterocycles. The molecule has 1 fully saturated rings. The lowest BCUT2D eigenvalue weighted by atomic mass is 9.79. The molecule has 0 aliphatic heterocycles. The second-order valence-corrected chi connectivity index (χ2v) is 8.64. The lowest BCUT2D eigenvalue weighted by Crippen LogP contribution is -2.38. The van der Waals surface area contributed by atoms with E-state index in [1.807, 2.05) is 6.07 Å². The summed E-state index contributed by atoms with van der Waals surface area (Å²) in [5.41, 5.74) is 6.60. The molecule has 0 bridgehead atoms. The minimum absolute atomic E-state index is 0.0226. The van der Waals surface area contributed by atoms with E-state index in [0.717, 1.165) is 19.3 Å². The molecule has 3 unspecified atom stereocenters. The maximum absolute atomic E-state index is 11.8. The molecule has 21 heavy (non-hydrogen) atoms. The maximum Gasteiger partial charge on any atom is 0.150 e. The predicted octanol–water partition coefficient (Wildman–Crippen LogP) is 2.41. The molecule has 1 aliphatic rings. The van der Waals surface area contributed by atoms with Crippen LogP contribution in [0, 0.1) is 19.8 Å². The Bertz CT molecular complexity index is 598. The number of hydrogen-bond acceptors (Lipinski definition) is 4. The van der Waals surface area contributed by atoms with E-state index < -0.39 is 9.84 Å². The van der Waals surface area contributed by atoms with Gasteiger partial charge in [-0.3, -0.25) is 11.3 Å². The van der Waals surface area contributed by atoms with Crippen molar-refractivity contribution in [2.75, 3.05) is 6.26 Å². The van der Waals surface area contributed by atoms with Crippen molar-refractivity contribution in [3.63, 3.8) is 0 Å². The van der Waals surface area contributed by atoms with E-state index in [9.17, 15) is 8.42 Å². The van der Waals surface area contributed by atoms with Crippen LogP contribution in [0.4, 0.5) is 0 Å². The zero-order valence-electron chi connectivity index (χ0n) is 13.1. The summed E-state index contributed by atoms with van der Waals surface area (Å²) in [7, 11) is -2.97. The van der Waals surface area contributed by atoms with Crippen LogP contribution in [0.2, 0.25) is 0 Å². The van der Waals surface area contributed by atoms with Crippen molar-refractivity contribution in [1.82, 2.24) is 5.43 Å². The van der Waals surface area contributed by atoms with Crippen LogP contribution >= 0.6 is 0 Å². The molecule has 3 N–H and O–H groups in total. The summed E-state index contributed by atoms with van der Waals surface area (Å²) < 4.78 is 23.7. The van der Waals surface area contributed by atoms with E-state index in [4.69, 9.17) is 5.84 Å². The quantitative estimate of drug-likeness (QED) is 0.662. The molecule has 0 spiro atoms. The van der Waals surface area contributed by atoms with Crippen LogP contribution < -0.4 is 11.3 Å². The fourth-order valence-electron chi connectivity index (χ4n) is 3.46. The summed E-state index contributed by atoms with van der Waals surface area (Å²) in [4.78, 5) is 0. The van der Waals surface area contributed by atoms with Gasteiger partial charge in [0.25, 0.3) is 0 Å². The molecular formula is C16H26N2O2S. The minimum atomic E-state index is -2.97. The molecule has 0 heterocycles. The number of nitrogens with one attached hydrogen (secondary N) is 1. The molecule has 5 heteroatoms. The monoisotopic (exact) mass is 310 g/mol. The van der Waals surface area contributed by atoms with Crippen molar-refractivity contribution in [3.8, 4) is 0 Å². The Morgan fingerprint density at radius 2 is 2.00 bits per heavy atom. The molecule has 3 atom stereocenters. The third-order valence-corrected chi connectivity index (χ3v) is 6.54. The topological polar surface area (TPSA) is 72.2 Å². The molecule has 0 saturated heterocycles. The number of benzene rings is 1. The van der Waals surface area contributed by atoms with Gasteiger partial charge in [-0.1, -0.05) is 24.6 Å². The van der Waals surface area contributed by atoms with Crippen LogP contribution in [-0.2, 0) is 9.84 Å². The number of aryl methyl sites for hydroxylation is 1. The second-order valence-electron chi connectivity index (χ2n) is 6.31. The zero-order chi connectivity index (χ0) is 15.6. The van der Waals surface area contributed by atoms with Crippen LogP contribution in [0.15, 0.2) is 18.2 Å². The fourth-order valence-corrected chi connectivity index (χ4v) is 4.65. The molecule has 0 amide bonds. The van der Waals surface area contributed by atoms with Crippen molar-refractivity contribution < 1.29 is 8.42 Å². The Labute approximate surface area is 128 Å². The largest absolute Gasteiger partial charge is 0.271 e. The lowest BCUT2D eigenvalue weighted by molar-refractivity contribution is 0.274. The zero-order valence-corrected chi connectivity index (χ0v) is 13.9. The Morgan fingerprint density at radius 3 is 2.62 bits per heavy atom. The Morgan fingerprint density at radius 1 is 1.29 bits per heavy atom. The van der Waals surface area contributed by atoms with Crippen LogP contribution in [0.3, 0.4) is 0 Å². The minimum Gasteiger partial charge on any atom is -0.271 e.